The van der Waals surface area contributed by atoms with Crippen molar-refractivity contribution in [2.45, 2.75) is 36.3 Å². The maximum Gasteiger partial charge on any atom is 0.232 e. The number of benzene rings is 1. The first-order valence-corrected chi connectivity index (χ1v) is 12.6. The first-order valence-electron chi connectivity index (χ1n) is 8.29. The fraction of sp³-hybridized carbons (Fsp3) is 0.438. The van der Waals surface area contributed by atoms with E-state index in [-0.39, 0.29) is 29.6 Å². The number of amides is 1. The van der Waals surface area contributed by atoms with Crippen LogP contribution in [0.2, 0.25) is 10.0 Å². The van der Waals surface area contributed by atoms with Gasteiger partial charge in [-0.05, 0) is 24.6 Å². The van der Waals surface area contributed by atoms with Gasteiger partial charge in [0.1, 0.15) is 0 Å². The highest BCUT2D eigenvalue weighted by atomic mass is 35.5. The number of carbonyl (C=O) groups is 1. The van der Waals surface area contributed by atoms with Crippen LogP contribution in [0.5, 0.6) is 0 Å². The molecule has 154 valence electrons. The summed E-state index contributed by atoms with van der Waals surface area (Å²) in [5, 5.41) is 12.1. The molecule has 1 heterocycles. The molecule has 1 amide bonds. The van der Waals surface area contributed by atoms with Gasteiger partial charge in [0, 0.05) is 23.2 Å². The van der Waals surface area contributed by atoms with Crippen molar-refractivity contribution >= 4 is 73.0 Å². The molecule has 0 aliphatic heterocycles. The molecule has 0 aliphatic rings. The van der Waals surface area contributed by atoms with Crippen molar-refractivity contribution in [1.82, 2.24) is 10.2 Å². The van der Waals surface area contributed by atoms with Crippen molar-refractivity contribution in [2.24, 2.45) is 0 Å². The van der Waals surface area contributed by atoms with Gasteiger partial charge < -0.3 is 5.32 Å². The normalized spacial score (nSPS) is 11.6. The van der Waals surface area contributed by atoms with Crippen molar-refractivity contribution < 1.29 is 13.2 Å². The minimum absolute atomic E-state index is 0.0941. The van der Waals surface area contributed by atoms with E-state index in [0.717, 1.165) is 14.9 Å². The molecule has 12 heteroatoms. The van der Waals surface area contributed by atoms with Gasteiger partial charge in [0.25, 0.3) is 0 Å². The SMILES string of the molecule is CC(C)Sc1nnc(NC(=O)CCCN(c2cc(Cl)ccc2Cl)S(C)(=O)=O)s1. The minimum Gasteiger partial charge on any atom is -0.301 e. The zero-order valence-electron chi connectivity index (χ0n) is 15.5. The summed E-state index contributed by atoms with van der Waals surface area (Å²) in [5.41, 5.74) is 0.288. The van der Waals surface area contributed by atoms with Crippen LogP contribution in [0.4, 0.5) is 10.8 Å². The van der Waals surface area contributed by atoms with Crippen LogP contribution < -0.4 is 9.62 Å². The Morgan fingerprint density at radius 2 is 2.04 bits per heavy atom. The number of nitrogens with zero attached hydrogens (tertiary/aromatic N) is 3. The standard InChI is InChI=1S/C16H20Cl2N4O3S3/c1-10(2)26-16-21-20-15(27-16)19-14(23)5-4-8-22(28(3,24)25)13-9-11(17)6-7-12(13)18/h6-7,9-10H,4-5,8H2,1-3H3,(H,19,20,23). The molecule has 0 atom stereocenters. The Morgan fingerprint density at radius 3 is 2.68 bits per heavy atom. The van der Waals surface area contributed by atoms with Crippen molar-refractivity contribution in [3.05, 3.63) is 28.2 Å². The number of aromatic nitrogens is 2. The Bertz CT molecular complexity index is 935. The predicted octanol–water partition coefficient (Wildman–Crippen LogP) is 4.53. The van der Waals surface area contributed by atoms with Crippen LogP contribution in [0.25, 0.3) is 0 Å². The average Bonchev–Trinajstić information content (AvgIpc) is 2.99. The van der Waals surface area contributed by atoms with Crippen molar-refractivity contribution in [3.63, 3.8) is 0 Å². The molecule has 0 aliphatic carbocycles. The Kier molecular flexibility index (Phi) is 8.38. The summed E-state index contributed by atoms with van der Waals surface area (Å²) >= 11 is 15.0. The molecule has 2 aromatic rings. The summed E-state index contributed by atoms with van der Waals surface area (Å²) in [4.78, 5) is 12.1. The van der Waals surface area contributed by atoms with Gasteiger partial charge in [-0.15, -0.1) is 10.2 Å². The van der Waals surface area contributed by atoms with Crippen LogP contribution in [0.15, 0.2) is 22.5 Å². The van der Waals surface area contributed by atoms with Gasteiger partial charge in [-0.2, -0.15) is 0 Å². The molecule has 0 radical (unpaired) electrons. The third-order valence-electron chi connectivity index (χ3n) is 3.33. The predicted molar refractivity (Wildman–Crippen MR) is 117 cm³/mol. The number of sulfonamides is 1. The Morgan fingerprint density at radius 1 is 1.32 bits per heavy atom. The third kappa shape index (κ3) is 7.07. The van der Waals surface area contributed by atoms with Gasteiger partial charge in [0.15, 0.2) is 4.34 Å². The van der Waals surface area contributed by atoms with Gasteiger partial charge in [-0.25, -0.2) is 8.42 Å². The molecule has 1 N–H and O–H groups in total. The van der Waals surface area contributed by atoms with Crippen LogP contribution in [-0.2, 0) is 14.8 Å². The number of carbonyl (C=O) groups excluding carboxylic acids is 1. The minimum atomic E-state index is -3.59. The Labute approximate surface area is 182 Å². The maximum atomic E-state index is 12.2. The number of hydrogen-bond donors (Lipinski definition) is 1. The fourth-order valence-corrected chi connectivity index (χ4v) is 5.61. The lowest BCUT2D eigenvalue weighted by Crippen LogP contribution is -2.31. The van der Waals surface area contributed by atoms with Crippen molar-refractivity contribution in [3.8, 4) is 0 Å². The van der Waals surface area contributed by atoms with E-state index in [4.69, 9.17) is 23.2 Å². The summed E-state index contributed by atoms with van der Waals surface area (Å²) in [6, 6.07) is 4.60. The maximum absolute atomic E-state index is 12.2. The molecule has 7 nitrogen and oxygen atoms in total. The molecule has 2 rings (SSSR count). The number of nitrogens with one attached hydrogen (secondary N) is 1. The lowest BCUT2D eigenvalue weighted by Gasteiger charge is -2.23. The second-order valence-corrected chi connectivity index (χ2v) is 11.7. The van der Waals surface area contributed by atoms with Gasteiger partial charge in [0.05, 0.1) is 17.0 Å². The van der Waals surface area contributed by atoms with E-state index < -0.39 is 10.0 Å². The van der Waals surface area contributed by atoms with E-state index in [1.165, 1.54) is 23.5 Å². The summed E-state index contributed by atoms with van der Waals surface area (Å²) in [5.74, 6) is -0.261. The lowest BCUT2D eigenvalue weighted by molar-refractivity contribution is -0.116. The number of hydrogen-bond acceptors (Lipinski definition) is 7. The summed E-state index contributed by atoms with van der Waals surface area (Å²) in [7, 11) is -3.59. The van der Waals surface area contributed by atoms with Gasteiger partial charge >= 0.3 is 0 Å². The molecule has 28 heavy (non-hydrogen) atoms. The first kappa shape index (κ1) is 23.2. The molecular formula is C16H20Cl2N4O3S3. The average molecular weight is 483 g/mol. The largest absolute Gasteiger partial charge is 0.301 e. The highest BCUT2D eigenvalue weighted by Gasteiger charge is 2.20. The zero-order chi connectivity index (χ0) is 20.9. The van der Waals surface area contributed by atoms with Gasteiger partial charge in [-0.1, -0.05) is 60.1 Å². The fourth-order valence-electron chi connectivity index (χ4n) is 2.22. The molecule has 0 saturated carbocycles. The Hall–Kier alpha value is -1.07. The van der Waals surface area contributed by atoms with Crippen LogP contribution in [0.1, 0.15) is 26.7 Å². The van der Waals surface area contributed by atoms with Gasteiger partial charge in [0.2, 0.25) is 21.1 Å². The second-order valence-electron chi connectivity index (χ2n) is 6.12. The van der Waals surface area contributed by atoms with Crippen LogP contribution >= 0.6 is 46.3 Å². The summed E-state index contributed by atoms with van der Waals surface area (Å²) in [6.45, 7) is 4.19. The quantitative estimate of drug-likeness (QED) is 0.416. The lowest BCUT2D eigenvalue weighted by atomic mass is 10.2. The second kappa shape index (κ2) is 10.1. The topological polar surface area (TPSA) is 92.3 Å². The van der Waals surface area contributed by atoms with Gasteiger partial charge in [-0.3, -0.25) is 9.10 Å². The zero-order valence-corrected chi connectivity index (χ0v) is 19.4. The number of anilines is 2. The highest BCUT2D eigenvalue weighted by Crippen LogP contribution is 2.31. The Balaban J connectivity index is 1.96. The van der Waals surface area contributed by atoms with Crippen LogP contribution in [-0.4, -0.2) is 42.6 Å². The molecule has 0 saturated heterocycles. The van der Waals surface area contributed by atoms with Crippen molar-refractivity contribution in [1.29, 1.82) is 0 Å². The number of rotatable bonds is 9. The highest BCUT2D eigenvalue weighted by molar-refractivity contribution is 8.01. The monoisotopic (exact) mass is 482 g/mol. The third-order valence-corrected chi connectivity index (χ3v) is 6.99. The molecule has 0 fully saturated rings. The number of thioether (sulfide) groups is 1. The molecule has 1 aromatic heterocycles. The summed E-state index contributed by atoms with van der Waals surface area (Å²) < 4.78 is 26.2. The van der Waals surface area contributed by atoms with E-state index in [9.17, 15) is 13.2 Å². The van der Waals surface area contributed by atoms with Crippen LogP contribution in [0.3, 0.4) is 0 Å². The van der Waals surface area contributed by atoms with E-state index in [2.05, 4.69) is 15.5 Å². The molecule has 0 unspecified atom stereocenters. The molecule has 0 bridgehead atoms. The summed E-state index contributed by atoms with van der Waals surface area (Å²) in [6.07, 6.45) is 1.50. The first-order chi connectivity index (χ1) is 13.1. The van der Waals surface area contributed by atoms with E-state index >= 15 is 0 Å². The van der Waals surface area contributed by atoms with Crippen molar-refractivity contribution in [2.75, 3.05) is 22.4 Å². The van der Waals surface area contributed by atoms with E-state index in [1.807, 2.05) is 13.8 Å². The molecular weight excluding hydrogens is 463 g/mol. The molecule has 1 aromatic carbocycles. The van der Waals surface area contributed by atoms with Crippen LogP contribution in [0, 0.1) is 0 Å². The van der Waals surface area contributed by atoms with E-state index in [0.29, 0.717) is 21.8 Å². The number of halogens is 2. The molecule has 0 spiro atoms. The smallest absolute Gasteiger partial charge is 0.232 e. The van der Waals surface area contributed by atoms with E-state index in [1.54, 1.807) is 17.8 Å².